The summed E-state index contributed by atoms with van der Waals surface area (Å²) >= 11 is 5.78. The van der Waals surface area contributed by atoms with Crippen molar-refractivity contribution < 1.29 is 18.3 Å². The maximum absolute atomic E-state index is 14.3. The molecule has 0 aliphatic heterocycles. The first kappa shape index (κ1) is 18.1. The zero-order chi connectivity index (χ0) is 18.7. The van der Waals surface area contributed by atoms with Gasteiger partial charge >= 0.3 is 0 Å². The van der Waals surface area contributed by atoms with Gasteiger partial charge in [0, 0.05) is 17.8 Å². The van der Waals surface area contributed by atoms with Crippen LogP contribution in [-0.4, -0.2) is 9.97 Å². The van der Waals surface area contributed by atoms with E-state index >= 15 is 0 Å². The van der Waals surface area contributed by atoms with Crippen molar-refractivity contribution in [1.82, 2.24) is 9.97 Å². The Morgan fingerprint density at radius 2 is 1.77 bits per heavy atom. The van der Waals surface area contributed by atoms with Gasteiger partial charge in [-0.25, -0.2) is 13.8 Å². The second kappa shape index (κ2) is 7.66. The lowest BCUT2D eigenvalue weighted by Crippen LogP contribution is -2.06. The third-order valence-corrected chi connectivity index (χ3v) is 3.98. The molecule has 2 aromatic heterocycles. The Labute approximate surface area is 154 Å². The van der Waals surface area contributed by atoms with Gasteiger partial charge in [-0.05, 0) is 31.0 Å². The lowest BCUT2D eigenvalue weighted by Gasteiger charge is -2.13. The van der Waals surface area contributed by atoms with E-state index in [-0.39, 0.29) is 29.0 Å². The lowest BCUT2D eigenvalue weighted by molar-refractivity contribution is 0.267. The van der Waals surface area contributed by atoms with Crippen molar-refractivity contribution in [3.8, 4) is 17.5 Å². The minimum Gasteiger partial charge on any atom is -0.471 e. The molecule has 0 radical (unpaired) electrons. The third kappa shape index (κ3) is 3.91. The number of halogens is 3. The maximum Gasteiger partial charge on any atom is 0.259 e. The van der Waals surface area contributed by atoms with E-state index in [1.54, 1.807) is 0 Å². The molecule has 0 fully saturated rings. The Kier molecular flexibility index (Phi) is 5.32. The van der Waals surface area contributed by atoms with Gasteiger partial charge in [-0.15, -0.1) is 0 Å². The number of nitrogens with zero attached hydrogens (tertiary/aromatic N) is 2. The number of aryl methyl sites for hydroxylation is 1. The van der Waals surface area contributed by atoms with E-state index < -0.39 is 17.5 Å². The molecule has 4 nitrogen and oxygen atoms in total. The monoisotopic (exact) mass is 376 g/mol. The van der Waals surface area contributed by atoms with Crippen molar-refractivity contribution in [3.63, 3.8) is 0 Å². The summed E-state index contributed by atoms with van der Waals surface area (Å²) in [7, 11) is 0. The Bertz CT molecular complexity index is 951. The molecule has 3 rings (SSSR count). The summed E-state index contributed by atoms with van der Waals surface area (Å²) < 4.78 is 39.5. The van der Waals surface area contributed by atoms with Crippen LogP contribution in [0.5, 0.6) is 17.5 Å². The molecule has 0 aliphatic rings. The van der Waals surface area contributed by atoms with Crippen LogP contribution in [0.2, 0.25) is 5.15 Å². The Morgan fingerprint density at radius 1 is 1.04 bits per heavy atom. The van der Waals surface area contributed by atoms with Crippen LogP contribution in [0.15, 0.2) is 42.6 Å². The molecule has 1 aromatic carbocycles. The molecule has 0 saturated carbocycles. The molecule has 2 heterocycles. The quantitative estimate of drug-likeness (QED) is 0.559. The molecular formula is C19H15ClF2N2O2. The summed E-state index contributed by atoms with van der Waals surface area (Å²) in [6.45, 7) is 3.31. The van der Waals surface area contributed by atoms with Crippen LogP contribution in [0.4, 0.5) is 8.78 Å². The number of ether oxygens (including phenoxy) is 2. The Hall–Kier alpha value is -2.73. The van der Waals surface area contributed by atoms with Gasteiger partial charge in [0.05, 0.1) is 0 Å². The fourth-order valence-electron chi connectivity index (χ4n) is 2.25. The van der Waals surface area contributed by atoms with E-state index in [1.807, 2.05) is 31.2 Å². The van der Waals surface area contributed by atoms with Crippen molar-refractivity contribution in [2.75, 3.05) is 0 Å². The van der Waals surface area contributed by atoms with Gasteiger partial charge < -0.3 is 9.47 Å². The zero-order valence-electron chi connectivity index (χ0n) is 14.1. The SMILES string of the molecule is Cc1ccccc1COc1nc(Oc2ccnc(Cl)c2)c(F)c(C)c1F. The first-order valence-electron chi connectivity index (χ1n) is 7.78. The fraction of sp³-hybridized carbons (Fsp3) is 0.158. The van der Waals surface area contributed by atoms with Crippen molar-refractivity contribution in [3.05, 3.63) is 76.1 Å². The van der Waals surface area contributed by atoms with Crippen LogP contribution < -0.4 is 9.47 Å². The summed E-state index contributed by atoms with van der Waals surface area (Å²) in [5, 5.41) is 0.178. The fourth-order valence-corrected chi connectivity index (χ4v) is 2.41. The molecule has 26 heavy (non-hydrogen) atoms. The summed E-state index contributed by atoms with van der Waals surface area (Å²) in [6, 6.07) is 10.4. The van der Waals surface area contributed by atoms with E-state index in [2.05, 4.69) is 9.97 Å². The zero-order valence-corrected chi connectivity index (χ0v) is 14.8. The van der Waals surface area contributed by atoms with Crippen LogP contribution in [0.1, 0.15) is 16.7 Å². The predicted molar refractivity (Wildman–Crippen MR) is 93.7 cm³/mol. The minimum absolute atomic E-state index is 0.0994. The first-order valence-corrected chi connectivity index (χ1v) is 8.16. The van der Waals surface area contributed by atoms with Gasteiger partial charge in [-0.3, -0.25) is 0 Å². The predicted octanol–water partition coefficient (Wildman–Crippen LogP) is 5.40. The molecule has 134 valence electrons. The minimum atomic E-state index is -0.904. The average Bonchev–Trinajstić information content (AvgIpc) is 2.62. The van der Waals surface area contributed by atoms with E-state index in [0.717, 1.165) is 11.1 Å². The van der Waals surface area contributed by atoms with Crippen LogP contribution in [-0.2, 0) is 6.61 Å². The number of benzene rings is 1. The van der Waals surface area contributed by atoms with E-state index in [9.17, 15) is 8.78 Å². The molecule has 3 aromatic rings. The molecular weight excluding hydrogens is 362 g/mol. The molecule has 0 spiro atoms. The first-order chi connectivity index (χ1) is 12.5. The topological polar surface area (TPSA) is 44.2 Å². The van der Waals surface area contributed by atoms with Crippen molar-refractivity contribution in [2.24, 2.45) is 0 Å². The summed E-state index contributed by atoms with van der Waals surface area (Å²) in [4.78, 5) is 7.66. The number of hydrogen-bond acceptors (Lipinski definition) is 4. The summed E-state index contributed by atoms with van der Waals surface area (Å²) in [5.74, 6) is -2.27. The molecule has 0 bridgehead atoms. The highest BCUT2D eigenvalue weighted by Gasteiger charge is 2.20. The largest absolute Gasteiger partial charge is 0.471 e. The van der Waals surface area contributed by atoms with Gasteiger partial charge in [-0.1, -0.05) is 35.9 Å². The summed E-state index contributed by atoms with van der Waals surface area (Å²) in [5.41, 5.74) is 1.63. The standard InChI is InChI=1S/C19H15ClF2N2O2/c1-11-5-3-4-6-13(11)10-25-18-16(21)12(2)17(22)19(24-18)26-14-7-8-23-15(20)9-14/h3-9H,10H2,1-2H3. The lowest BCUT2D eigenvalue weighted by atomic mass is 10.1. The maximum atomic E-state index is 14.3. The normalized spacial score (nSPS) is 10.7. The summed E-state index contributed by atoms with van der Waals surface area (Å²) in [6.07, 6.45) is 1.40. The number of pyridine rings is 2. The van der Waals surface area contributed by atoms with Crippen molar-refractivity contribution >= 4 is 11.6 Å². The average molecular weight is 377 g/mol. The number of aromatic nitrogens is 2. The van der Waals surface area contributed by atoms with Gasteiger partial charge in [-0.2, -0.15) is 4.98 Å². The third-order valence-electron chi connectivity index (χ3n) is 3.78. The molecule has 0 amide bonds. The van der Waals surface area contributed by atoms with E-state index in [4.69, 9.17) is 21.1 Å². The Balaban J connectivity index is 1.88. The van der Waals surface area contributed by atoms with E-state index in [0.29, 0.717) is 0 Å². The van der Waals surface area contributed by atoms with Crippen molar-refractivity contribution in [2.45, 2.75) is 20.5 Å². The smallest absolute Gasteiger partial charge is 0.259 e. The molecule has 7 heteroatoms. The van der Waals surface area contributed by atoms with Gasteiger partial charge in [0.15, 0.2) is 11.6 Å². The highest BCUT2D eigenvalue weighted by Crippen LogP contribution is 2.31. The highest BCUT2D eigenvalue weighted by atomic mass is 35.5. The van der Waals surface area contributed by atoms with E-state index in [1.165, 1.54) is 25.3 Å². The Morgan fingerprint density at radius 3 is 2.50 bits per heavy atom. The van der Waals surface area contributed by atoms with Crippen LogP contribution >= 0.6 is 11.6 Å². The van der Waals surface area contributed by atoms with Gasteiger partial charge in [0.25, 0.3) is 11.8 Å². The molecule has 0 unspecified atom stereocenters. The van der Waals surface area contributed by atoms with Crippen LogP contribution in [0.3, 0.4) is 0 Å². The second-order valence-electron chi connectivity index (χ2n) is 5.61. The molecule has 0 saturated heterocycles. The van der Waals surface area contributed by atoms with Crippen LogP contribution in [0, 0.1) is 25.5 Å². The number of rotatable bonds is 5. The molecule has 0 N–H and O–H groups in total. The molecule has 0 aliphatic carbocycles. The highest BCUT2D eigenvalue weighted by molar-refractivity contribution is 6.29. The van der Waals surface area contributed by atoms with Crippen molar-refractivity contribution in [1.29, 1.82) is 0 Å². The van der Waals surface area contributed by atoms with Gasteiger partial charge in [0.1, 0.15) is 17.5 Å². The second-order valence-corrected chi connectivity index (χ2v) is 5.99. The van der Waals surface area contributed by atoms with Gasteiger partial charge in [0.2, 0.25) is 0 Å². The number of hydrogen-bond donors (Lipinski definition) is 0. The molecule has 0 atom stereocenters. The van der Waals surface area contributed by atoms with Crippen LogP contribution in [0.25, 0.3) is 0 Å².